The first-order valence-corrected chi connectivity index (χ1v) is 7.54. The van der Waals surface area contributed by atoms with Crippen molar-refractivity contribution in [3.05, 3.63) is 28.8 Å². The van der Waals surface area contributed by atoms with Crippen molar-refractivity contribution in [2.75, 3.05) is 20.3 Å². The molecule has 1 aromatic rings. The maximum atomic E-state index is 11.6. The second kappa shape index (κ2) is 9.40. The lowest BCUT2D eigenvalue weighted by molar-refractivity contribution is -0.144. The van der Waals surface area contributed by atoms with E-state index in [1.54, 1.807) is 7.11 Å². The molecule has 0 saturated heterocycles. The van der Waals surface area contributed by atoms with Gasteiger partial charge in [-0.15, -0.1) is 0 Å². The maximum Gasteiger partial charge on any atom is 0.306 e. The van der Waals surface area contributed by atoms with E-state index in [-0.39, 0.29) is 5.97 Å². The Balaban J connectivity index is 2.58. The van der Waals surface area contributed by atoms with Crippen molar-refractivity contribution in [3.8, 4) is 5.75 Å². The Labute approximate surface area is 127 Å². The molecule has 0 atom stereocenters. The fourth-order valence-corrected chi connectivity index (χ4v) is 2.19. The molecule has 0 aliphatic rings. The highest BCUT2D eigenvalue weighted by Crippen LogP contribution is 2.26. The van der Waals surface area contributed by atoms with Gasteiger partial charge in [0.25, 0.3) is 0 Å². The predicted molar refractivity (Wildman–Crippen MR) is 82.6 cm³/mol. The standard InChI is InChI=1S/C17H26O4/c1-4-5-6-15-12-14(11-13(2)17(15)19)7-8-16(18)21-10-9-20-3/h11-12,19H,4-10H2,1-3H3. The number of carbonyl (C=O) groups excluding carboxylic acids is 1. The molecule has 0 bridgehead atoms. The number of phenolic OH excluding ortho intramolecular Hbond substituents is 1. The lowest BCUT2D eigenvalue weighted by Crippen LogP contribution is -2.10. The van der Waals surface area contributed by atoms with Crippen molar-refractivity contribution in [1.29, 1.82) is 0 Å². The van der Waals surface area contributed by atoms with E-state index < -0.39 is 0 Å². The summed E-state index contributed by atoms with van der Waals surface area (Å²) in [5.41, 5.74) is 2.91. The Bertz CT molecular complexity index is 454. The van der Waals surface area contributed by atoms with Crippen LogP contribution in [0.15, 0.2) is 12.1 Å². The molecule has 1 N–H and O–H groups in total. The number of carbonyl (C=O) groups is 1. The fourth-order valence-electron chi connectivity index (χ4n) is 2.19. The first-order chi connectivity index (χ1) is 10.1. The Morgan fingerprint density at radius 3 is 2.67 bits per heavy atom. The number of esters is 1. The van der Waals surface area contributed by atoms with Gasteiger partial charge in [-0.2, -0.15) is 0 Å². The molecule has 0 heterocycles. The monoisotopic (exact) mass is 294 g/mol. The summed E-state index contributed by atoms with van der Waals surface area (Å²) in [6, 6.07) is 3.94. The van der Waals surface area contributed by atoms with E-state index in [1.807, 2.05) is 19.1 Å². The van der Waals surface area contributed by atoms with Crippen molar-refractivity contribution in [2.24, 2.45) is 0 Å². The van der Waals surface area contributed by atoms with Gasteiger partial charge in [-0.25, -0.2) is 0 Å². The molecule has 4 nitrogen and oxygen atoms in total. The molecule has 0 amide bonds. The van der Waals surface area contributed by atoms with Crippen LogP contribution < -0.4 is 0 Å². The van der Waals surface area contributed by atoms with Gasteiger partial charge in [-0.1, -0.05) is 25.5 Å². The number of phenols is 1. The molecule has 0 aliphatic heterocycles. The molecule has 1 aromatic carbocycles. The molecule has 0 radical (unpaired) electrons. The minimum Gasteiger partial charge on any atom is -0.507 e. The molecule has 0 fully saturated rings. The molecule has 0 aromatic heterocycles. The minimum absolute atomic E-state index is 0.215. The summed E-state index contributed by atoms with van der Waals surface area (Å²) in [7, 11) is 1.57. The van der Waals surface area contributed by atoms with Crippen molar-refractivity contribution in [3.63, 3.8) is 0 Å². The van der Waals surface area contributed by atoms with Gasteiger partial charge in [0.1, 0.15) is 12.4 Å². The van der Waals surface area contributed by atoms with Gasteiger partial charge in [0.05, 0.1) is 6.61 Å². The van der Waals surface area contributed by atoms with Gasteiger partial charge in [-0.3, -0.25) is 4.79 Å². The van der Waals surface area contributed by atoms with Gasteiger partial charge < -0.3 is 14.6 Å². The average Bonchev–Trinajstić information content (AvgIpc) is 2.47. The zero-order valence-electron chi connectivity index (χ0n) is 13.3. The Morgan fingerprint density at radius 2 is 2.00 bits per heavy atom. The van der Waals surface area contributed by atoms with E-state index in [2.05, 4.69) is 6.92 Å². The Hall–Kier alpha value is -1.55. The number of hydrogen-bond donors (Lipinski definition) is 1. The van der Waals surface area contributed by atoms with Crippen LogP contribution in [0.1, 0.15) is 42.9 Å². The van der Waals surface area contributed by atoms with Crippen LogP contribution in [0.2, 0.25) is 0 Å². The number of aromatic hydroxyl groups is 1. The molecule has 4 heteroatoms. The second-order valence-corrected chi connectivity index (χ2v) is 5.24. The SMILES string of the molecule is CCCCc1cc(CCC(=O)OCCOC)cc(C)c1O. The molecule has 0 saturated carbocycles. The normalized spacial score (nSPS) is 10.6. The van der Waals surface area contributed by atoms with Crippen molar-refractivity contribution >= 4 is 5.97 Å². The van der Waals surface area contributed by atoms with Crippen LogP contribution in [0.4, 0.5) is 0 Å². The van der Waals surface area contributed by atoms with E-state index in [4.69, 9.17) is 9.47 Å². The lowest BCUT2D eigenvalue weighted by Gasteiger charge is -2.11. The Kier molecular flexibility index (Phi) is 7.83. The van der Waals surface area contributed by atoms with Gasteiger partial charge in [0.2, 0.25) is 0 Å². The number of benzene rings is 1. The number of rotatable bonds is 9. The third kappa shape index (κ3) is 6.17. The topological polar surface area (TPSA) is 55.8 Å². The number of aryl methyl sites for hydroxylation is 3. The van der Waals surface area contributed by atoms with Crippen molar-refractivity contribution in [1.82, 2.24) is 0 Å². The van der Waals surface area contributed by atoms with E-state index in [0.717, 1.165) is 36.0 Å². The zero-order valence-corrected chi connectivity index (χ0v) is 13.3. The highest BCUT2D eigenvalue weighted by atomic mass is 16.6. The summed E-state index contributed by atoms with van der Waals surface area (Å²) in [6.07, 6.45) is 3.99. The summed E-state index contributed by atoms with van der Waals surface area (Å²) >= 11 is 0. The van der Waals surface area contributed by atoms with Gasteiger partial charge >= 0.3 is 5.97 Å². The molecule has 118 valence electrons. The van der Waals surface area contributed by atoms with Crippen LogP contribution in [0, 0.1) is 6.92 Å². The van der Waals surface area contributed by atoms with E-state index in [0.29, 0.717) is 31.8 Å². The van der Waals surface area contributed by atoms with Crippen LogP contribution in [0.25, 0.3) is 0 Å². The summed E-state index contributed by atoms with van der Waals surface area (Å²) in [6.45, 7) is 4.74. The maximum absolute atomic E-state index is 11.6. The highest BCUT2D eigenvalue weighted by molar-refractivity contribution is 5.69. The van der Waals surface area contributed by atoms with Gasteiger partial charge in [0, 0.05) is 13.5 Å². The molecule has 0 unspecified atom stereocenters. The summed E-state index contributed by atoms with van der Waals surface area (Å²) < 4.78 is 9.87. The largest absolute Gasteiger partial charge is 0.507 e. The minimum atomic E-state index is -0.215. The smallest absolute Gasteiger partial charge is 0.306 e. The average molecular weight is 294 g/mol. The first-order valence-electron chi connectivity index (χ1n) is 7.54. The van der Waals surface area contributed by atoms with Crippen LogP contribution in [-0.2, 0) is 27.1 Å². The van der Waals surface area contributed by atoms with E-state index in [9.17, 15) is 9.90 Å². The quantitative estimate of drug-likeness (QED) is 0.561. The predicted octanol–water partition coefficient (Wildman–Crippen LogP) is 3.17. The second-order valence-electron chi connectivity index (χ2n) is 5.24. The fraction of sp³-hybridized carbons (Fsp3) is 0.588. The third-order valence-corrected chi connectivity index (χ3v) is 3.41. The summed E-state index contributed by atoms with van der Waals surface area (Å²) in [5.74, 6) is 0.169. The van der Waals surface area contributed by atoms with Crippen LogP contribution in [0.5, 0.6) is 5.75 Å². The third-order valence-electron chi connectivity index (χ3n) is 3.41. The summed E-state index contributed by atoms with van der Waals surface area (Å²) in [4.78, 5) is 11.6. The zero-order chi connectivity index (χ0) is 15.7. The number of ether oxygens (including phenoxy) is 2. The van der Waals surface area contributed by atoms with Crippen LogP contribution in [0.3, 0.4) is 0 Å². The van der Waals surface area contributed by atoms with Crippen LogP contribution >= 0.6 is 0 Å². The molecule has 1 rings (SSSR count). The number of unbranched alkanes of at least 4 members (excludes halogenated alkanes) is 1. The van der Waals surface area contributed by atoms with Crippen molar-refractivity contribution in [2.45, 2.75) is 46.0 Å². The van der Waals surface area contributed by atoms with Crippen LogP contribution in [-0.4, -0.2) is 31.4 Å². The lowest BCUT2D eigenvalue weighted by atomic mass is 9.98. The highest BCUT2D eigenvalue weighted by Gasteiger charge is 2.09. The van der Waals surface area contributed by atoms with Gasteiger partial charge in [0.15, 0.2) is 0 Å². The first kappa shape index (κ1) is 17.5. The molecule has 0 aliphatic carbocycles. The van der Waals surface area contributed by atoms with E-state index >= 15 is 0 Å². The molecule has 0 spiro atoms. The molecule has 21 heavy (non-hydrogen) atoms. The Morgan fingerprint density at radius 1 is 1.24 bits per heavy atom. The number of methoxy groups -OCH3 is 1. The molecular formula is C17H26O4. The number of hydrogen-bond acceptors (Lipinski definition) is 4. The summed E-state index contributed by atoms with van der Waals surface area (Å²) in [5, 5.41) is 10.1. The molecular weight excluding hydrogens is 268 g/mol. The van der Waals surface area contributed by atoms with Gasteiger partial charge in [-0.05, 0) is 42.9 Å². The van der Waals surface area contributed by atoms with E-state index in [1.165, 1.54) is 0 Å². The van der Waals surface area contributed by atoms with Crippen molar-refractivity contribution < 1.29 is 19.4 Å².